The second kappa shape index (κ2) is 7.61. The molecule has 0 radical (unpaired) electrons. The predicted octanol–water partition coefficient (Wildman–Crippen LogP) is 3.63. The second-order valence-corrected chi connectivity index (χ2v) is 6.30. The van der Waals surface area contributed by atoms with E-state index in [1.54, 1.807) is 18.2 Å². The van der Waals surface area contributed by atoms with E-state index in [0.717, 1.165) is 0 Å². The van der Waals surface area contributed by atoms with Crippen molar-refractivity contribution in [2.24, 2.45) is 0 Å². The Hall–Kier alpha value is -2.16. The van der Waals surface area contributed by atoms with Crippen molar-refractivity contribution in [1.29, 1.82) is 0 Å². The number of halogens is 2. The van der Waals surface area contributed by atoms with Crippen molar-refractivity contribution in [3.05, 3.63) is 57.0 Å². The molecule has 24 heavy (non-hydrogen) atoms. The number of thiocarbonyl (C=S) groups is 1. The van der Waals surface area contributed by atoms with Crippen molar-refractivity contribution in [3.63, 3.8) is 0 Å². The van der Waals surface area contributed by atoms with Gasteiger partial charge in [0, 0.05) is 10.2 Å². The van der Waals surface area contributed by atoms with Crippen molar-refractivity contribution in [2.45, 2.75) is 0 Å². The van der Waals surface area contributed by atoms with Gasteiger partial charge in [0.25, 0.3) is 5.91 Å². The molecule has 0 saturated heterocycles. The molecular weight excluding hydrogens is 420 g/mol. The molecule has 0 aliphatic carbocycles. The Bertz CT molecular complexity index is 844. The van der Waals surface area contributed by atoms with Crippen molar-refractivity contribution in [3.8, 4) is 5.75 Å². The third kappa shape index (κ3) is 4.44. The van der Waals surface area contributed by atoms with Crippen LogP contribution in [0.2, 0.25) is 5.02 Å². The van der Waals surface area contributed by atoms with E-state index >= 15 is 0 Å². The summed E-state index contributed by atoms with van der Waals surface area (Å²) in [6.07, 6.45) is 0. The standard InChI is InChI=1S/C15H10BrClN2O4S/c16-7-1-3-11(17)9(5-7)13(21)19-15(24)18-8-2-4-12(20)10(6-8)14(22)23/h1-6,20H,(H,22,23)(H2,18,19,21,24). The lowest BCUT2D eigenvalue weighted by Crippen LogP contribution is -2.34. The molecule has 6 nitrogen and oxygen atoms in total. The maximum atomic E-state index is 12.2. The number of phenols is 1. The number of aromatic hydroxyl groups is 1. The Labute approximate surface area is 155 Å². The number of hydrogen-bond acceptors (Lipinski definition) is 4. The third-order valence-corrected chi connectivity index (χ3v) is 3.91. The van der Waals surface area contributed by atoms with Gasteiger partial charge >= 0.3 is 5.97 Å². The molecule has 0 atom stereocenters. The first kappa shape index (κ1) is 18.2. The first-order valence-corrected chi connectivity index (χ1v) is 7.99. The number of anilines is 1. The van der Waals surface area contributed by atoms with Crippen LogP contribution < -0.4 is 10.6 Å². The number of carboxylic acids is 1. The fraction of sp³-hybridized carbons (Fsp3) is 0. The monoisotopic (exact) mass is 428 g/mol. The lowest BCUT2D eigenvalue weighted by Gasteiger charge is -2.11. The van der Waals surface area contributed by atoms with Gasteiger partial charge in [-0.2, -0.15) is 0 Å². The molecule has 2 rings (SSSR count). The molecule has 0 bridgehead atoms. The Morgan fingerprint density at radius 3 is 2.50 bits per heavy atom. The Morgan fingerprint density at radius 2 is 1.83 bits per heavy atom. The van der Waals surface area contributed by atoms with E-state index in [4.69, 9.17) is 28.9 Å². The molecule has 124 valence electrons. The number of amides is 1. The Morgan fingerprint density at radius 1 is 1.12 bits per heavy atom. The predicted molar refractivity (Wildman–Crippen MR) is 97.9 cm³/mol. The summed E-state index contributed by atoms with van der Waals surface area (Å²) in [7, 11) is 0. The third-order valence-electron chi connectivity index (χ3n) is 2.88. The minimum atomic E-state index is -1.29. The van der Waals surface area contributed by atoms with Gasteiger partial charge in [0.1, 0.15) is 11.3 Å². The van der Waals surface area contributed by atoms with Crippen LogP contribution in [-0.2, 0) is 0 Å². The van der Waals surface area contributed by atoms with Gasteiger partial charge in [-0.1, -0.05) is 27.5 Å². The van der Waals surface area contributed by atoms with E-state index in [0.29, 0.717) is 10.2 Å². The minimum absolute atomic E-state index is 0.0435. The van der Waals surface area contributed by atoms with Crippen LogP contribution in [0.3, 0.4) is 0 Å². The fourth-order valence-electron chi connectivity index (χ4n) is 1.79. The molecule has 0 saturated carbocycles. The Balaban J connectivity index is 2.11. The average Bonchev–Trinajstić information content (AvgIpc) is 2.51. The van der Waals surface area contributed by atoms with Crippen molar-refractivity contribution >= 4 is 62.4 Å². The van der Waals surface area contributed by atoms with E-state index in [9.17, 15) is 14.7 Å². The van der Waals surface area contributed by atoms with E-state index in [-0.39, 0.29) is 27.0 Å². The normalized spacial score (nSPS) is 10.1. The summed E-state index contributed by atoms with van der Waals surface area (Å²) in [5, 5.41) is 23.8. The van der Waals surface area contributed by atoms with Crippen LogP contribution in [-0.4, -0.2) is 27.2 Å². The van der Waals surface area contributed by atoms with Gasteiger partial charge in [-0.25, -0.2) is 4.79 Å². The van der Waals surface area contributed by atoms with Gasteiger partial charge < -0.3 is 15.5 Å². The number of carboxylic acid groups (broad SMARTS) is 1. The number of nitrogens with one attached hydrogen (secondary N) is 2. The van der Waals surface area contributed by atoms with Gasteiger partial charge in [-0.3, -0.25) is 10.1 Å². The first-order chi connectivity index (χ1) is 11.3. The number of aromatic carboxylic acids is 1. The molecule has 0 fully saturated rings. The lowest BCUT2D eigenvalue weighted by atomic mass is 10.2. The summed E-state index contributed by atoms with van der Waals surface area (Å²) in [5.41, 5.74) is 0.243. The molecule has 0 aliphatic rings. The first-order valence-electron chi connectivity index (χ1n) is 6.41. The molecule has 4 N–H and O–H groups in total. The fourth-order valence-corrected chi connectivity index (χ4v) is 2.56. The van der Waals surface area contributed by atoms with Crippen molar-refractivity contribution < 1.29 is 19.8 Å². The molecule has 2 aromatic carbocycles. The highest BCUT2D eigenvalue weighted by Crippen LogP contribution is 2.22. The number of carbonyl (C=O) groups excluding carboxylic acids is 1. The summed E-state index contributed by atoms with van der Waals surface area (Å²) in [4.78, 5) is 23.2. The van der Waals surface area contributed by atoms with Gasteiger partial charge in [0.15, 0.2) is 5.11 Å². The molecule has 0 heterocycles. The molecular formula is C15H10BrClN2O4S. The Kier molecular flexibility index (Phi) is 5.76. The molecule has 0 aliphatic heterocycles. The van der Waals surface area contributed by atoms with Gasteiger partial charge in [-0.15, -0.1) is 0 Å². The van der Waals surface area contributed by atoms with Crippen LogP contribution in [0.15, 0.2) is 40.9 Å². The molecule has 0 unspecified atom stereocenters. The number of carbonyl (C=O) groups is 2. The van der Waals surface area contributed by atoms with E-state index in [1.807, 2.05) is 0 Å². The molecule has 0 aromatic heterocycles. The zero-order valence-electron chi connectivity index (χ0n) is 11.8. The van der Waals surface area contributed by atoms with Crippen LogP contribution in [0.5, 0.6) is 5.75 Å². The van der Waals surface area contributed by atoms with Crippen molar-refractivity contribution in [1.82, 2.24) is 5.32 Å². The number of rotatable bonds is 3. The number of benzene rings is 2. The van der Waals surface area contributed by atoms with Gasteiger partial charge in [-0.05, 0) is 48.6 Å². The second-order valence-electron chi connectivity index (χ2n) is 4.57. The SMILES string of the molecule is O=C(O)c1cc(NC(=S)NC(=O)c2cc(Br)ccc2Cl)ccc1O. The van der Waals surface area contributed by atoms with E-state index in [2.05, 4.69) is 26.6 Å². The van der Waals surface area contributed by atoms with Crippen LogP contribution in [0, 0.1) is 0 Å². The topological polar surface area (TPSA) is 98.7 Å². The highest BCUT2D eigenvalue weighted by atomic mass is 79.9. The number of hydrogen-bond donors (Lipinski definition) is 4. The highest BCUT2D eigenvalue weighted by molar-refractivity contribution is 9.10. The smallest absolute Gasteiger partial charge is 0.339 e. The van der Waals surface area contributed by atoms with E-state index < -0.39 is 11.9 Å². The maximum Gasteiger partial charge on any atom is 0.339 e. The molecule has 9 heteroatoms. The van der Waals surface area contributed by atoms with Crippen molar-refractivity contribution in [2.75, 3.05) is 5.32 Å². The minimum Gasteiger partial charge on any atom is -0.507 e. The highest BCUT2D eigenvalue weighted by Gasteiger charge is 2.14. The van der Waals surface area contributed by atoms with E-state index in [1.165, 1.54) is 18.2 Å². The van der Waals surface area contributed by atoms with Crippen LogP contribution in [0.1, 0.15) is 20.7 Å². The average molecular weight is 430 g/mol. The zero-order chi connectivity index (χ0) is 17.9. The summed E-state index contributed by atoms with van der Waals surface area (Å²) >= 11 is 14.2. The molecule has 2 aromatic rings. The quantitative estimate of drug-likeness (QED) is 0.439. The van der Waals surface area contributed by atoms with Crippen LogP contribution >= 0.6 is 39.7 Å². The summed E-state index contributed by atoms with van der Waals surface area (Å²) in [6, 6.07) is 8.63. The van der Waals surface area contributed by atoms with Crippen LogP contribution in [0.25, 0.3) is 0 Å². The summed E-state index contributed by atoms with van der Waals surface area (Å²) in [5.74, 6) is -2.17. The maximum absolute atomic E-state index is 12.2. The van der Waals surface area contributed by atoms with Gasteiger partial charge in [0.05, 0.1) is 10.6 Å². The van der Waals surface area contributed by atoms with Crippen LogP contribution in [0.4, 0.5) is 5.69 Å². The largest absolute Gasteiger partial charge is 0.507 e. The van der Waals surface area contributed by atoms with Gasteiger partial charge in [0.2, 0.25) is 0 Å². The molecule has 0 spiro atoms. The lowest BCUT2D eigenvalue weighted by molar-refractivity contribution is 0.0693. The summed E-state index contributed by atoms with van der Waals surface area (Å²) in [6.45, 7) is 0. The molecule has 1 amide bonds. The zero-order valence-corrected chi connectivity index (χ0v) is 15.0. The summed E-state index contributed by atoms with van der Waals surface area (Å²) < 4.78 is 0.681.